The second-order valence-electron chi connectivity index (χ2n) is 8.19. The molecule has 0 saturated carbocycles. The van der Waals surface area contributed by atoms with Crippen molar-refractivity contribution in [3.8, 4) is 11.6 Å². The van der Waals surface area contributed by atoms with Crippen LogP contribution < -0.4 is 9.64 Å². The fourth-order valence-electron chi connectivity index (χ4n) is 4.21. The van der Waals surface area contributed by atoms with Crippen molar-refractivity contribution in [2.45, 2.75) is 19.3 Å². The maximum absolute atomic E-state index is 12.8. The molecule has 2 N–H and O–H groups in total. The van der Waals surface area contributed by atoms with Crippen molar-refractivity contribution in [3.63, 3.8) is 0 Å². The predicted octanol–water partition coefficient (Wildman–Crippen LogP) is 3.98. The maximum Gasteiger partial charge on any atom is 0.263 e. The van der Waals surface area contributed by atoms with Crippen LogP contribution in [-0.4, -0.2) is 50.5 Å². The van der Waals surface area contributed by atoms with Crippen molar-refractivity contribution in [3.05, 3.63) is 72.3 Å². The molecule has 1 aliphatic rings. The first kappa shape index (κ1) is 21.1. The number of piperidine rings is 1. The second-order valence-corrected chi connectivity index (χ2v) is 8.19. The minimum absolute atomic E-state index is 0.177. The lowest BCUT2D eigenvalue weighted by atomic mass is 9.94. The fourth-order valence-corrected chi connectivity index (χ4v) is 4.21. The molecule has 4 aromatic rings. The van der Waals surface area contributed by atoms with E-state index in [4.69, 9.17) is 4.74 Å². The summed E-state index contributed by atoms with van der Waals surface area (Å²) in [7, 11) is 0. The number of ketones is 1. The number of nitrogens with one attached hydrogen (secondary N) is 1. The molecule has 1 aliphatic heterocycles. The van der Waals surface area contributed by atoms with E-state index in [2.05, 4.69) is 24.8 Å². The van der Waals surface area contributed by atoms with Gasteiger partial charge in [0.1, 0.15) is 5.75 Å². The molecule has 0 bridgehead atoms. The third-order valence-corrected chi connectivity index (χ3v) is 6.03. The highest BCUT2D eigenvalue weighted by Gasteiger charge is 2.23. The van der Waals surface area contributed by atoms with E-state index >= 15 is 0 Å². The Balaban J connectivity index is 1.29. The van der Waals surface area contributed by atoms with E-state index in [1.54, 1.807) is 36.7 Å². The molecule has 3 heterocycles. The Kier molecular flexibility index (Phi) is 5.99. The molecular formula is C25H25N5O3. The van der Waals surface area contributed by atoms with E-state index in [1.165, 1.54) is 0 Å². The average molecular weight is 444 g/mol. The lowest BCUT2D eigenvalue weighted by Gasteiger charge is -2.32. The lowest BCUT2D eigenvalue weighted by molar-refractivity contribution is 0.103. The summed E-state index contributed by atoms with van der Waals surface area (Å²) in [5.41, 5.74) is 2.11. The highest BCUT2D eigenvalue weighted by Crippen LogP contribution is 2.31. The van der Waals surface area contributed by atoms with Gasteiger partial charge in [0, 0.05) is 37.7 Å². The van der Waals surface area contributed by atoms with Gasteiger partial charge in [-0.15, -0.1) is 0 Å². The van der Waals surface area contributed by atoms with Crippen LogP contribution in [0.2, 0.25) is 0 Å². The lowest BCUT2D eigenvalue weighted by Crippen LogP contribution is -2.34. The van der Waals surface area contributed by atoms with Gasteiger partial charge < -0.3 is 19.7 Å². The highest BCUT2D eigenvalue weighted by atomic mass is 16.5. The number of aromatic amines is 1. The van der Waals surface area contributed by atoms with Crippen LogP contribution in [0, 0.1) is 5.92 Å². The van der Waals surface area contributed by atoms with Crippen LogP contribution in [-0.2, 0) is 0 Å². The van der Waals surface area contributed by atoms with Gasteiger partial charge in [-0.1, -0.05) is 12.1 Å². The van der Waals surface area contributed by atoms with E-state index in [0.29, 0.717) is 34.8 Å². The first-order chi connectivity index (χ1) is 16.2. The number of aromatic nitrogens is 4. The number of carbonyl (C=O) groups excluding carboxylic acids is 1. The smallest absolute Gasteiger partial charge is 0.263 e. The van der Waals surface area contributed by atoms with Gasteiger partial charge in [-0.2, -0.15) is 0 Å². The number of aliphatic hydroxyl groups is 1. The van der Waals surface area contributed by atoms with E-state index in [1.807, 2.05) is 24.3 Å². The second kappa shape index (κ2) is 9.38. The van der Waals surface area contributed by atoms with E-state index < -0.39 is 0 Å². The summed E-state index contributed by atoms with van der Waals surface area (Å²) in [6.45, 7) is 1.94. The molecular weight excluding hydrogens is 418 g/mol. The Morgan fingerprint density at radius 1 is 1.06 bits per heavy atom. The molecule has 2 aromatic carbocycles. The summed E-state index contributed by atoms with van der Waals surface area (Å²) in [4.78, 5) is 31.4. The Morgan fingerprint density at radius 3 is 2.58 bits per heavy atom. The van der Waals surface area contributed by atoms with Crippen LogP contribution in [0.4, 0.5) is 5.82 Å². The SMILES string of the molecule is O=C(c1ccc(Oc2nccnc2N2CCC(CCO)CC2)cc1)c1nc2ccccc2[nH]1. The van der Waals surface area contributed by atoms with Gasteiger partial charge in [-0.3, -0.25) is 4.79 Å². The minimum atomic E-state index is -0.177. The molecule has 0 aliphatic carbocycles. The molecule has 0 radical (unpaired) electrons. The molecule has 1 saturated heterocycles. The van der Waals surface area contributed by atoms with Gasteiger partial charge in [0.2, 0.25) is 5.78 Å². The molecule has 168 valence electrons. The molecule has 2 aromatic heterocycles. The number of ether oxygens (including phenoxy) is 1. The van der Waals surface area contributed by atoms with Crippen molar-refractivity contribution in [2.75, 3.05) is 24.6 Å². The van der Waals surface area contributed by atoms with Crippen LogP contribution in [0.5, 0.6) is 11.6 Å². The summed E-state index contributed by atoms with van der Waals surface area (Å²) >= 11 is 0. The number of para-hydroxylation sites is 2. The standard InChI is InChI=1S/C25H25N5O3/c31-16-11-17-9-14-30(15-10-17)24-25(27-13-12-26-24)33-19-7-5-18(6-8-19)22(32)23-28-20-3-1-2-4-21(20)29-23/h1-8,12-13,17,31H,9-11,14-16H2,(H,28,29). The Labute approximate surface area is 191 Å². The van der Waals surface area contributed by atoms with Crippen LogP contribution in [0.1, 0.15) is 35.4 Å². The summed E-state index contributed by atoms with van der Waals surface area (Å²) in [6.07, 6.45) is 6.13. The van der Waals surface area contributed by atoms with Gasteiger partial charge in [-0.25, -0.2) is 15.0 Å². The third kappa shape index (κ3) is 4.56. The number of hydrogen-bond acceptors (Lipinski definition) is 7. The number of nitrogens with zero attached hydrogens (tertiary/aromatic N) is 4. The normalized spacial score (nSPS) is 14.5. The van der Waals surface area contributed by atoms with E-state index in [0.717, 1.165) is 43.4 Å². The molecule has 0 amide bonds. The molecule has 1 fully saturated rings. The van der Waals surface area contributed by atoms with Crippen molar-refractivity contribution < 1.29 is 14.6 Å². The van der Waals surface area contributed by atoms with Crippen LogP contribution in [0.15, 0.2) is 60.9 Å². The molecule has 5 rings (SSSR count). The highest BCUT2D eigenvalue weighted by molar-refractivity contribution is 6.08. The topological polar surface area (TPSA) is 104 Å². The number of hydrogen-bond donors (Lipinski definition) is 2. The zero-order valence-electron chi connectivity index (χ0n) is 18.1. The molecule has 0 atom stereocenters. The van der Waals surface area contributed by atoms with E-state index in [-0.39, 0.29) is 12.4 Å². The Morgan fingerprint density at radius 2 is 1.82 bits per heavy atom. The van der Waals surface area contributed by atoms with Gasteiger partial charge in [0.05, 0.1) is 11.0 Å². The summed E-state index contributed by atoms with van der Waals surface area (Å²) in [6, 6.07) is 14.5. The average Bonchev–Trinajstić information content (AvgIpc) is 3.30. The summed E-state index contributed by atoms with van der Waals surface area (Å²) < 4.78 is 6.04. The first-order valence-electron chi connectivity index (χ1n) is 11.2. The summed E-state index contributed by atoms with van der Waals surface area (Å²) in [5, 5.41) is 9.18. The first-order valence-corrected chi connectivity index (χ1v) is 11.2. The third-order valence-electron chi connectivity index (χ3n) is 6.03. The van der Waals surface area contributed by atoms with Crippen molar-refractivity contribution in [1.82, 2.24) is 19.9 Å². The van der Waals surface area contributed by atoms with Gasteiger partial charge >= 0.3 is 0 Å². The van der Waals surface area contributed by atoms with E-state index in [9.17, 15) is 9.90 Å². The quantitative estimate of drug-likeness (QED) is 0.416. The van der Waals surface area contributed by atoms with Crippen LogP contribution in [0.3, 0.4) is 0 Å². The van der Waals surface area contributed by atoms with Gasteiger partial charge in [0.25, 0.3) is 5.88 Å². The number of anilines is 1. The molecule has 0 spiro atoms. The van der Waals surface area contributed by atoms with Gasteiger partial charge in [0.15, 0.2) is 11.6 Å². The predicted molar refractivity (Wildman–Crippen MR) is 125 cm³/mol. The number of fused-ring (bicyclic) bond motifs is 1. The number of imidazole rings is 1. The van der Waals surface area contributed by atoms with Crippen LogP contribution >= 0.6 is 0 Å². The van der Waals surface area contributed by atoms with Gasteiger partial charge in [-0.05, 0) is 61.6 Å². The monoisotopic (exact) mass is 443 g/mol. The van der Waals surface area contributed by atoms with Crippen LogP contribution in [0.25, 0.3) is 11.0 Å². The molecule has 0 unspecified atom stereocenters. The van der Waals surface area contributed by atoms with Crippen molar-refractivity contribution in [1.29, 1.82) is 0 Å². The zero-order chi connectivity index (χ0) is 22.6. The summed E-state index contributed by atoms with van der Waals surface area (Å²) in [5.74, 6) is 2.41. The maximum atomic E-state index is 12.8. The Bertz CT molecular complexity index is 1210. The number of H-pyrrole nitrogens is 1. The number of benzene rings is 2. The fraction of sp³-hybridized carbons (Fsp3) is 0.280. The molecule has 8 nitrogen and oxygen atoms in total. The largest absolute Gasteiger partial charge is 0.436 e. The number of carbonyl (C=O) groups is 1. The number of aliphatic hydroxyl groups excluding tert-OH is 1. The minimum Gasteiger partial charge on any atom is -0.436 e. The molecule has 33 heavy (non-hydrogen) atoms. The van der Waals surface area contributed by atoms with Crippen molar-refractivity contribution in [2.24, 2.45) is 5.92 Å². The van der Waals surface area contributed by atoms with Crippen molar-refractivity contribution >= 4 is 22.6 Å². The Hall–Kier alpha value is -3.78. The molecule has 8 heteroatoms. The zero-order valence-corrected chi connectivity index (χ0v) is 18.1. The number of rotatable bonds is 7.